The number of amidine groups is 1. The van der Waals surface area contributed by atoms with Gasteiger partial charge < -0.3 is 0 Å². The Balaban J connectivity index is 1.57. The van der Waals surface area contributed by atoms with Gasteiger partial charge >= 0.3 is 0 Å². The van der Waals surface area contributed by atoms with Gasteiger partial charge in [0.15, 0.2) is 11.3 Å². The van der Waals surface area contributed by atoms with Gasteiger partial charge in [0.1, 0.15) is 5.70 Å². The van der Waals surface area contributed by atoms with E-state index in [1.165, 1.54) is 11.8 Å². The molecule has 0 saturated carbocycles. The maximum atomic E-state index is 13.1. The fourth-order valence-electron chi connectivity index (χ4n) is 3.47. The van der Waals surface area contributed by atoms with Crippen molar-refractivity contribution in [3.05, 3.63) is 106 Å². The van der Waals surface area contributed by atoms with E-state index in [2.05, 4.69) is 17.4 Å². The average molecular weight is 433 g/mol. The van der Waals surface area contributed by atoms with Gasteiger partial charge in [0.2, 0.25) is 0 Å². The van der Waals surface area contributed by atoms with Gasteiger partial charge in [-0.15, -0.1) is 5.10 Å². The van der Waals surface area contributed by atoms with Crippen molar-refractivity contribution in [3.63, 3.8) is 0 Å². The number of carbonyl (C=O) groups excluding carboxylic acids is 1. The predicted molar refractivity (Wildman–Crippen MR) is 120 cm³/mol. The van der Waals surface area contributed by atoms with Crippen LogP contribution >= 0.6 is 23.4 Å². The third kappa shape index (κ3) is 3.60. The van der Waals surface area contributed by atoms with Crippen LogP contribution in [0.4, 0.5) is 0 Å². The van der Waals surface area contributed by atoms with E-state index in [0.717, 1.165) is 21.7 Å². The molecule has 2 aliphatic rings. The van der Waals surface area contributed by atoms with Crippen molar-refractivity contribution in [2.45, 2.75) is 11.9 Å². The fraction of sp³-hybridized carbons (Fsp3) is 0.0870. The molecule has 0 bridgehead atoms. The van der Waals surface area contributed by atoms with Crippen LogP contribution < -0.4 is 15.9 Å². The fourth-order valence-corrected chi connectivity index (χ4v) is 4.40. The molecule has 1 amide bonds. The lowest BCUT2D eigenvalue weighted by molar-refractivity contribution is -0.116. The molecule has 1 unspecified atom stereocenters. The molecule has 148 valence electrons. The van der Waals surface area contributed by atoms with Crippen LogP contribution in [0.2, 0.25) is 5.02 Å². The number of fused-ring (bicyclic) bond motifs is 2. The van der Waals surface area contributed by atoms with Gasteiger partial charge in [-0.1, -0.05) is 84.0 Å². The number of thioether (sulfide) groups is 1. The molecule has 2 heterocycles. The van der Waals surface area contributed by atoms with Crippen molar-refractivity contribution in [2.24, 2.45) is 10.1 Å². The number of halogens is 1. The highest BCUT2D eigenvalue weighted by Gasteiger charge is 2.34. The molecule has 30 heavy (non-hydrogen) atoms. The Bertz CT molecular complexity index is 1260. The zero-order chi connectivity index (χ0) is 20.5. The van der Waals surface area contributed by atoms with E-state index < -0.39 is 6.17 Å². The summed E-state index contributed by atoms with van der Waals surface area (Å²) < 4.78 is 0. The summed E-state index contributed by atoms with van der Waals surface area (Å²) in [5, 5.41) is 12.2. The van der Waals surface area contributed by atoms with Crippen molar-refractivity contribution in [3.8, 4) is 0 Å². The number of para-hydroxylation sites is 1. The van der Waals surface area contributed by atoms with Crippen LogP contribution in [0.5, 0.6) is 0 Å². The Morgan fingerprint density at radius 3 is 2.50 bits per heavy atom. The number of benzene rings is 3. The monoisotopic (exact) mass is 432 g/mol. The second kappa shape index (κ2) is 7.97. The zero-order valence-electron chi connectivity index (χ0n) is 15.8. The number of hydrogen-bond donors (Lipinski definition) is 1. The molecule has 0 spiro atoms. The lowest BCUT2D eigenvalue weighted by Crippen LogP contribution is -2.50. The molecule has 5 nitrogen and oxygen atoms in total. The molecule has 5 rings (SSSR count). The maximum Gasteiger partial charge on any atom is 0.276 e. The molecule has 2 aliphatic heterocycles. The largest absolute Gasteiger partial charge is 0.298 e. The van der Waals surface area contributed by atoms with E-state index in [-0.39, 0.29) is 5.91 Å². The summed E-state index contributed by atoms with van der Waals surface area (Å²) in [4.78, 5) is 18.0. The zero-order valence-corrected chi connectivity index (χ0v) is 17.4. The van der Waals surface area contributed by atoms with Crippen LogP contribution in [0.15, 0.2) is 89.0 Å². The summed E-state index contributed by atoms with van der Waals surface area (Å²) in [6, 6.07) is 25.2. The number of hydrogen-bond acceptors (Lipinski definition) is 5. The van der Waals surface area contributed by atoms with Crippen LogP contribution in [0.25, 0.3) is 5.70 Å². The number of carbonyl (C=O) groups is 1. The van der Waals surface area contributed by atoms with Gasteiger partial charge in [-0.3, -0.25) is 15.1 Å². The molecule has 1 N–H and O–H groups in total. The van der Waals surface area contributed by atoms with Gasteiger partial charge in [0.25, 0.3) is 5.91 Å². The van der Waals surface area contributed by atoms with Crippen molar-refractivity contribution in [1.29, 1.82) is 0 Å². The van der Waals surface area contributed by atoms with Crippen molar-refractivity contribution < 1.29 is 4.79 Å². The van der Waals surface area contributed by atoms with E-state index in [4.69, 9.17) is 21.7 Å². The van der Waals surface area contributed by atoms with Crippen LogP contribution in [-0.4, -0.2) is 16.1 Å². The molecule has 0 radical (unpaired) electrons. The molecular weight excluding hydrogens is 416 g/mol. The topological polar surface area (TPSA) is 57.1 Å². The van der Waals surface area contributed by atoms with E-state index in [9.17, 15) is 4.79 Å². The van der Waals surface area contributed by atoms with E-state index in [1.54, 1.807) is 5.01 Å². The Hall–Kier alpha value is -3.09. The standard InChI is InChI=1S/C23H17ClN4OS/c24-17-12-10-16(11-13-17)21-25-19-9-5-4-8-18(19)20-22(29)26-23(27-28(20)21)30-14-15-6-2-1-3-7-15/h1-13,21H,14H2,(H,26,27,29). The number of nitrogens with zero attached hydrogens (tertiary/aromatic N) is 3. The van der Waals surface area contributed by atoms with Gasteiger partial charge in [-0.2, -0.15) is 0 Å². The SMILES string of the molecule is O=C1NC(SCc2ccccc2)=NN2C1=c1ccccc1=NC2c1ccc(Cl)cc1. The normalized spacial score (nSPS) is 17.4. The minimum Gasteiger partial charge on any atom is -0.298 e. The van der Waals surface area contributed by atoms with Crippen molar-refractivity contribution in [1.82, 2.24) is 10.3 Å². The van der Waals surface area contributed by atoms with Crippen LogP contribution in [0, 0.1) is 0 Å². The summed E-state index contributed by atoms with van der Waals surface area (Å²) in [6.45, 7) is 0. The van der Waals surface area contributed by atoms with Crippen LogP contribution in [0.3, 0.4) is 0 Å². The van der Waals surface area contributed by atoms with Crippen molar-refractivity contribution >= 4 is 40.1 Å². The molecule has 0 fully saturated rings. The molecule has 0 aromatic heterocycles. The maximum absolute atomic E-state index is 13.1. The Morgan fingerprint density at radius 2 is 1.70 bits per heavy atom. The average Bonchev–Trinajstić information content (AvgIpc) is 2.78. The summed E-state index contributed by atoms with van der Waals surface area (Å²) in [6.07, 6.45) is -0.439. The molecule has 1 atom stereocenters. The highest BCUT2D eigenvalue weighted by Crippen LogP contribution is 2.31. The Labute approximate surface area is 182 Å². The van der Waals surface area contributed by atoms with E-state index in [0.29, 0.717) is 21.6 Å². The first-order valence-electron chi connectivity index (χ1n) is 9.47. The van der Waals surface area contributed by atoms with Gasteiger partial charge in [-0.25, -0.2) is 5.01 Å². The quantitative estimate of drug-likeness (QED) is 0.690. The third-order valence-electron chi connectivity index (χ3n) is 4.90. The minimum atomic E-state index is -0.439. The highest BCUT2D eigenvalue weighted by atomic mass is 35.5. The summed E-state index contributed by atoms with van der Waals surface area (Å²) in [5.74, 6) is 0.532. The second-order valence-corrected chi connectivity index (χ2v) is 8.30. The van der Waals surface area contributed by atoms with Gasteiger partial charge in [-0.05, 0) is 29.3 Å². The Morgan fingerprint density at radius 1 is 0.967 bits per heavy atom. The smallest absolute Gasteiger partial charge is 0.276 e. The number of rotatable bonds is 3. The summed E-state index contributed by atoms with van der Waals surface area (Å²) >= 11 is 7.56. The van der Waals surface area contributed by atoms with E-state index >= 15 is 0 Å². The molecule has 3 aromatic rings. The lowest BCUT2D eigenvalue weighted by Gasteiger charge is -2.34. The number of amides is 1. The predicted octanol–water partition coefficient (Wildman–Crippen LogP) is 3.42. The molecule has 0 saturated heterocycles. The second-order valence-electron chi connectivity index (χ2n) is 6.90. The first-order chi connectivity index (χ1) is 14.7. The molecule has 7 heteroatoms. The van der Waals surface area contributed by atoms with Crippen LogP contribution in [0.1, 0.15) is 17.3 Å². The lowest BCUT2D eigenvalue weighted by atomic mass is 10.1. The van der Waals surface area contributed by atoms with E-state index in [1.807, 2.05) is 66.7 Å². The molecule has 0 aliphatic carbocycles. The third-order valence-corrected chi connectivity index (χ3v) is 6.09. The summed E-state index contributed by atoms with van der Waals surface area (Å²) in [7, 11) is 0. The highest BCUT2D eigenvalue weighted by molar-refractivity contribution is 8.13. The van der Waals surface area contributed by atoms with Gasteiger partial charge in [0, 0.05) is 16.0 Å². The van der Waals surface area contributed by atoms with Crippen LogP contribution in [-0.2, 0) is 10.5 Å². The first-order valence-corrected chi connectivity index (χ1v) is 10.8. The van der Waals surface area contributed by atoms with Gasteiger partial charge in [0.05, 0.1) is 5.36 Å². The number of nitrogens with one attached hydrogen (secondary N) is 1. The minimum absolute atomic E-state index is 0.179. The first kappa shape index (κ1) is 18.9. The van der Waals surface area contributed by atoms with Crippen molar-refractivity contribution in [2.75, 3.05) is 0 Å². The molecular formula is C23H17ClN4OS. The number of hydrazone groups is 1. The summed E-state index contributed by atoms with van der Waals surface area (Å²) in [5.41, 5.74) is 2.58. The molecule has 3 aromatic carbocycles. The Kier molecular flexibility index (Phi) is 5.02.